The number of halogens is 1. The maximum absolute atomic E-state index is 4.68. The fraction of sp³-hybridized carbons (Fsp3) is 0.500. The molecule has 0 radical (unpaired) electrons. The first-order valence-electron chi connectivity index (χ1n) is 1.92. The second-order valence-corrected chi connectivity index (χ2v) is 2.59. The Morgan fingerprint density at radius 1 is 1.86 bits per heavy atom. The molecule has 1 unspecified atom stereocenters. The minimum atomic E-state index is 0.717. The first kappa shape index (κ1) is 7.61. The first-order valence-corrected chi connectivity index (χ1v) is 3.18. The standard InChI is InChI=1S/C4H8BrOP/c1-4(5)2-3-6-7/h1-3,7H2. The fourth-order valence-electron chi connectivity index (χ4n) is 0.170. The van der Waals surface area contributed by atoms with Crippen LogP contribution in [0.4, 0.5) is 0 Å². The molecule has 0 aromatic rings. The summed E-state index contributed by atoms with van der Waals surface area (Å²) in [5, 5.41) is 0. The molecule has 0 spiro atoms. The van der Waals surface area contributed by atoms with Crippen molar-refractivity contribution < 1.29 is 4.52 Å². The number of rotatable bonds is 3. The third-order valence-corrected chi connectivity index (χ3v) is 1.12. The van der Waals surface area contributed by atoms with Crippen molar-refractivity contribution in [2.24, 2.45) is 0 Å². The van der Waals surface area contributed by atoms with E-state index >= 15 is 0 Å². The summed E-state index contributed by atoms with van der Waals surface area (Å²) < 4.78 is 5.66. The van der Waals surface area contributed by atoms with Crippen LogP contribution in [0, 0.1) is 0 Å². The molecule has 1 atom stereocenters. The molecule has 0 saturated carbocycles. The highest BCUT2D eigenvalue weighted by atomic mass is 79.9. The van der Waals surface area contributed by atoms with Gasteiger partial charge in [0.15, 0.2) is 0 Å². The van der Waals surface area contributed by atoms with E-state index in [2.05, 4.69) is 36.5 Å². The van der Waals surface area contributed by atoms with Crippen LogP contribution in [0.15, 0.2) is 11.1 Å². The third kappa shape index (κ3) is 6.61. The molecule has 0 bridgehead atoms. The van der Waals surface area contributed by atoms with E-state index < -0.39 is 0 Å². The monoisotopic (exact) mass is 182 g/mol. The SMILES string of the molecule is C=C(Br)CCOP. The maximum atomic E-state index is 4.68. The van der Waals surface area contributed by atoms with Crippen molar-refractivity contribution in [3.8, 4) is 0 Å². The van der Waals surface area contributed by atoms with Crippen LogP contribution in [-0.2, 0) is 4.52 Å². The summed E-state index contributed by atoms with van der Waals surface area (Å²) in [4.78, 5) is 0. The summed E-state index contributed by atoms with van der Waals surface area (Å²) in [6, 6.07) is 0. The Morgan fingerprint density at radius 2 is 2.43 bits per heavy atom. The summed E-state index contributed by atoms with van der Waals surface area (Å²) >= 11 is 3.19. The van der Waals surface area contributed by atoms with E-state index in [-0.39, 0.29) is 0 Å². The van der Waals surface area contributed by atoms with Gasteiger partial charge in [0.25, 0.3) is 0 Å². The Morgan fingerprint density at radius 3 is 2.57 bits per heavy atom. The smallest absolute Gasteiger partial charge is 0.0547 e. The van der Waals surface area contributed by atoms with Crippen LogP contribution in [0.3, 0.4) is 0 Å². The Bertz CT molecular complexity index is 64.7. The average molecular weight is 183 g/mol. The van der Waals surface area contributed by atoms with Crippen LogP contribution in [0.2, 0.25) is 0 Å². The van der Waals surface area contributed by atoms with Crippen LogP contribution in [0.25, 0.3) is 0 Å². The summed E-state index contributed by atoms with van der Waals surface area (Å²) in [6.07, 6.45) is 0.878. The lowest BCUT2D eigenvalue weighted by molar-refractivity contribution is 0.380. The van der Waals surface area contributed by atoms with Crippen LogP contribution in [0.1, 0.15) is 6.42 Å². The van der Waals surface area contributed by atoms with Gasteiger partial charge in [-0.3, -0.25) is 0 Å². The Kier molecular flexibility index (Phi) is 5.18. The molecule has 42 valence electrons. The lowest BCUT2D eigenvalue weighted by Crippen LogP contribution is -1.79. The molecule has 0 heterocycles. The van der Waals surface area contributed by atoms with Gasteiger partial charge in [0, 0.05) is 15.9 Å². The van der Waals surface area contributed by atoms with Gasteiger partial charge in [0.1, 0.15) is 0 Å². The van der Waals surface area contributed by atoms with Crippen molar-refractivity contribution in [1.82, 2.24) is 0 Å². The Labute approximate surface area is 54.5 Å². The highest BCUT2D eigenvalue weighted by Gasteiger charge is 1.83. The van der Waals surface area contributed by atoms with Gasteiger partial charge < -0.3 is 4.52 Å². The van der Waals surface area contributed by atoms with Crippen molar-refractivity contribution in [3.63, 3.8) is 0 Å². The van der Waals surface area contributed by atoms with Crippen LogP contribution < -0.4 is 0 Å². The van der Waals surface area contributed by atoms with Gasteiger partial charge in [-0.25, -0.2) is 0 Å². The first-order chi connectivity index (χ1) is 3.27. The van der Waals surface area contributed by atoms with Gasteiger partial charge >= 0.3 is 0 Å². The minimum Gasteiger partial charge on any atom is -0.365 e. The molecular formula is C4H8BrOP. The fourth-order valence-corrected chi connectivity index (χ4v) is 0.449. The molecule has 0 saturated heterocycles. The second-order valence-electron chi connectivity index (χ2n) is 1.14. The topological polar surface area (TPSA) is 9.23 Å². The van der Waals surface area contributed by atoms with Gasteiger partial charge in [-0.05, 0) is 4.48 Å². The zero-order chi connectivity index (χ0) is 5.70. The molecule has 0 amide bonds. The summed E-state index contributed by atoms with van der Waals surface area (Å²) in [6.45, 7) is 4.34. The van der Waals surface area contributed by atoms with E-state index in [1.807, 2.05) is 0 Å². The van der Waals surface area contributed by atoms with Gasteiger partial charge in [0.05, 0.1) is 6.61 Å². The average Bonchev–Trinajstić information content (AvgIpc) is 1.61. The Hall–Kier alpha value is 0.610. The van der Waals surface area contributed by atoms with Gasteiger partial charge in [-0.15, -0.1) is 0 Å². The minimum absolute atomic E-state index is 0.717. The molecule has 0 N–H and O–H groups in total. The highest BCUT2D eigenvalue weighted by Crippen LogP contribution is 2.06. The van der Waals surface area contributed by atoms with Crippen molar-refractivity contribution in [2.75, 3.05) is 6.61 Å². The molecule has 1 nitrogen and oxygen atoms in total. The quantitative estimate of drug-likeness (QED) is 0.608. The Balaban J connectivity index is 2.82. The van der Waals surface area contributed by atoms with E-state index in [0.29, 0.717) is 0 Å². The molecule has 0 rings (SSSR count). The lowest BCUT2D eigenvalue weighted by Gasteiger charge is -1.91. The molecule has 3 heteroatoms. The summed E-state index contributed by atoms with van der Waals surface area (Å²) in [5.74, 6) is 0. The highest BCUT2D eigenvalue weighted by molar-refractivity contribution is 9.11. The lowest BCUT2D eigenvalue weighted by atomic mass is 10.5. The zero-order valence-corrected chi connectivity index (χ0v) is 6.73. The third-order valence-electron chi connectivity index (χ3n) is 0.491. The van der Waals surface area contributed by atoms with Crippen molar-refractivity contribution in [2.45, 2.75) is 6.42 Å². The normalized spacial score (nSPS) is 8.86. The largest absolute Gasteiger partial charge is 0.365 e. The summed E-state index contributed by atoms with van der Waals surface area (Å²) in [5.41, 5.74) is 0. The maximum Gasteiger partial charge on any atom is 0.0547 e. The van der Waals surface area contributed by atoms with Crippen molar-refractivity contribution >= 4 is 25.4 Å². The van der Waals surface area contributed by atoms with Crippen molar-refractivity contribution in [1.29, 1.82) is 0 Å². The van der Waals surface area contributed by atoms with Crippen LogP contribution >= 0.6 is 25.4 Å². The van der Waals surface area contributed by atoms with Gasteiger partial charge in [-0.1, -0.05) is 22.5 Å². The summed E-state index contributed by atoms with van der Waals surface area (Å²) in [7, 11) is 2.18. The molecule has 0 fully saturated rings. The molecule has 0 aliphatic rings. The molecule has 0 aliphatic heterocycles. The second kappa shape index (κ2) is 4.76. The number of hydrogen-bond donors (Lipinski definition) is 0. The van der Waals surface area contributed by atoms with Gasteiger partial charge in [0.2, 0.25) is 0 Å². The van der Waals surface area contributed by atoms with E-state index in [0.717, 1.165) is 17.5 Å². The predicted octanol–water partition coefficient (Wildman–Crippen LogP) is 2.09. The van der Waals surface area contributed by atoms with Gasteiger partial charge in [-0.2, -0.15) is 0 Å². The molecular weight excluding hydrogens is 175 g/mol. The molecule has 0 aliphatic carbocycles. The van der Waals surface area contributed by atoms with E-state index in [4.69, 9.17) is 0 Å². The van der Waals surface area contributed by atoms with E-state index in [1.165, 1.54) is 0 Å². The van der Waals surface area contributed by atoms with E-state index in [9.17, 15) is 0 Å². The molecule has 7 heavy (non-hydrogen) atoms. The van der Waals surface area contributed by atoms with Crippen molar-refractivity contribution in [3.05, 3.63) is 11.1 Å². The number of hydrogen-bond acceptors (Lipinski definition) is 1. The molecule has 0 aromatic carbocycles. The molecule has 0 aromatic heterocycles. The van der Waals surface area contributed by atoms with Crippen LogP contribution in [0.5, 0.6) is 0 Å². The van der Waals surface area contributed by atoms with Crippen LogP contribution in [-0.4, -0.2) is 6.61 Å². The predicted molar refractivity (Wildman–Crippen MR) is 38.3 cm³/mol. The zero-order valence-electron chi connectivity index (χ0n) is 3.98. The van der Waals surface area contributed by atoms with E-state index in [1.54, 1.807) is 0 Å².